The number of ether oxygens (including phenoxy) is 1. The van der Waals surface area contributed by atoms with Crippen LogP contribution in [0.5, 0.6) is 0 Å². The lowest BCUT2D eigenvalue weighted by atomic mass is 9.72. The number of rotatable bonds is 4. The van der Waals surface area contributed by atoms with Crippen molar-refractivity contribution in [2.75, 3.05) is 6.61 Å². The van der Waals surface area contributed by atoms with Crippen molar-refractivity contribution in [2.24, 2.45) is 5.92 Å². The van der Waals surface area contributed by atoms with E-state index in [-0.39, 0.29) is 18.3 Å². The van der Waals surface area contributed by atoms with Crippen molar-refractivity contribution in [3.8, 4) is 0 Å². The molecule has 3 atom stereocenters. The first-order chi connectivity index (χ1) is 9.95. The van der Waals surface area contributed by atoms with Gasteiger partial charge in [0, 0.05) is 6.92 Å². The molecule has 2 aliphatic rings. The Balaban J connectivity index is 2.29. The zero-order valence-corrected chi connectivity index (χ0v) is 12.0. The number of fused-ring (bicyclic) bond motifs is 1. The average molecular weight is 295 g/mol. The summed E-state index contributed by atoms with van der Waals surface area (Å²) in [5.41, 5.74) is 1.17. The van der Waals surface area contributed by atoms with Gasteiger partial charge in [0.1, 0.15) is 24.8 Å². The normalized spacial score (nSPS) is 28.8. The van der Waals surface area contributed by atoms with E-state index in [1.54, 1.807) is 6.92 Å². The van der Waals surface area contributed by atoms with Crippen LogP contribution in [0.2, 0.25) is 0 Å². The van der Waals surface area contributed by atoms with Crippen LogP contribution in [-0.2, 0) is 19.1 Å². The van der Waals surface area contributed by atoms with Crippen LogP contribution in [0.3, 0.4) is 0 Å². The van der Waals surface area contributed by atoms with Gasteiger partial charge in [0.2, 0.25) is 5.91 Å². The van der Waals surface area contributed by atoms with Gasteiger partial charge < -0.3 is 14.8 Å². The molecule has 0 aromatic heterocycles. The molecular formula is C15H18FNO4. The second-order valence-corrected chi connectivity index (χ2v) is 5.30. The predicted molar refractivity (Wildman–Crippen MR) is 73.0 cm³/mol. The predicted octanol–water partition coefficient (Wildman–Crippen LogP) is 1.24. The number of hydrogen-bond acceptors (Lipinski definition) is 4. The van der Waals surface area contributed by atoms with Gasteiger partial charge in [-0.2, -0.15) is 0 Å². The summed E-state index contributed by atoms with van der Waals surface area (Å²) in [6.45, 7) is 2.82. The van der Waals surface area contributed by atoms with Crippen molar-refractivity contribution in [1.29, 1.82) is 0 Å². The Bertz CT molecular complexity index is 538. The Labute approximate surface area is 122 Å². The molecule has 0 aromatic carbocycles. The fourth-order valence-corrected chi connectivity index (χ4v) is 2.98. The summed E-state index contributed by atoms with van der Waals surface area (Å²) < 4.78 is 19.2. The number of ketones is 1. The molecule has 1 saturated carbocycles. The smallest absolute Gasteiger partial charge is 0.217 e. The SMILES string of the molecule is CC(=O)NC1C=C(F)C(C)=C2CCC(OCC=O)C(=O)C21. The molecule has 0 saturated heterocycles. The molecular weight excluding hydrogens is 277 g/mol. The van der Waals surface area contributed by atoms with Crippen LogP contribution >= 0.6 is 0 Å². The lowest BCUT2D eigenvalue weighted by molar-refractivity contribution is -0.137. The maximum absolute atomic E-state index is 13.9. The molecule has 0 spiro atoms. The van der Waals surface area contributed by atoms with E-state index in [2.05, 4.69) is 5.32 Å². The minimum absolute atomic E-state index is 0.143. The second kappa shape index (κ2) is 6.30. The molecule has 0 heterocycles. The third-order valence-electron chi connectivity index (χ3n) is 3.94. The third-order valence-corrected chi connectivity index (χ3v) is 3.94. The van der Waals surface area contributed by atoms with Gasteiger partial charge in [-0.3, -0.25) is 9.59 Å². The van der Waals surface area contributed by atoms with Gasteiger partial charge in [-0.1, -0.05) is 5.57 Å². The molecule has 0 bridgehead atoms. The Morgan fingerprint density at radius 1 is 1.57 bits per heavy atom. The van der Waals surface area contributed by atoms with Gasteiger partial charge in [0.15, 0.2) is 5.78 Å². The topological polar surface area (TPSA) is 72.5 Å². The van der Waals surface area contributed by atoms with Gasteiger partial charge in [-0.15, -0.1) is 0 Å². The first-order valence-corrected chi connectivity index (χ1v) is 6.89. The molecule has 2 aliphatic carbocycles. The van der Waals surface area contributed by atoms with E-state index in [0.717, 1.165) is 0 Å². The van der Waals surface area contributed by atoms with E-state index in [1.165, 1.54) is 13.0 Å². The molecule has 1 amide bonds. The first-order valence-electron chi connectivity index (χ1n) is 6.89. The summed E-state index contributed by atoms with van der Waals surface area (Å²) in [6, 6.07) is -0.698. The third kappa shape index (κ3) is 3.10. The van der Waals surface area contributed by atoms with Gasteiger partial charge in [0.25, 0.3) is 0 Å². The van der Waals surface area contributed by atoms with Gasteiger partial charge in [0.05, 0.1) is 12.0 Å². The molecule has 114 valence electrons. The lowest BCUT2D eigenvalue weighted by Crippen LogP contribution is -2.49. The number of allylic oxidation sites excluding steroid dienone is 2. The fraction of sp³-hybridized carbons (Fsp3) is 0.533. The molecule has 5 nitrogen and oxygen atoms in total. The summed E-state index contributed by atoms with van der Waals surface area (Å²) in [5.74, 6) is -1.55. The summed E-state index contributed by atoms with van der Waals surface area (Å²) >= 11 is 0. The standard InChI is InChI=1S/C15H18FNO4/c1-8-10-3-4-13(21-6-5-18)15(20)14(10)12(7-11(8)16)17-9(2)19/h5,7,12-14H,3-4,6H2,1-2H3,(H,17,19). The first kappa shape index (κ1) is 15.6. The maximum Gasteiger partial charge on any atom is 0.217 e. The zero-order valence-electron chi connectivity index (χ0n) is 12.0. The van der Waals surface area contributed by atoms with Crippen molar-refractivity contribution in [2.45, 2.75) is 38.8 Å². The van der Waals surface area contributed by atoms with Crippen molar-refractivity contribution in [3.63, 3.8) is 0 Å². The van der Waals surface area contributed by atoms with Crippen LogP contribution in [0.25, 0.3) is 0 Å². The van der Waals surface area contributed by atoms with E-state index in [4.69, 9.17) is 4.74 Å². The molecule has 6 heteroatoms. The number of amides is 1. The van der Waals surface area contributed by atoms with Gasteiger partial charge in [-0.05, 0) is 31.4 Å². The van der Waals surface area contributed by atoms with Crippen LogP contribution in [0.4, 0.5) is 4.39 Å². The number of carbonyl (C=O) groups excluding carboxylic acids is 3. The van der Waals surface area contributed by atoms with Crippen molar-refractivity contribution >= 4 is 18.0 Å². The van der Waals surface area contributed by atoms with E-state index in [1.807, 2.05) is 0 Å². The summed E-state index contributed by atoms with van der Waals surface area (Å²) in [5, 5.41) is 2.60. The Hall–Kier alpha value is -1.82. The summed E-state index contributed by atoms with van der Waals surface area (Å²) in [6.07, 6.45) is 2.13. The number of halogens is 1. The highest BCUT2D eigenvalue weighted by Crippen LogP contribution is 2.39. The quantitative estimate of drug-likeness (QED) is 0.792. The molecule has 1 fully saturated rings. The highest BCUT2D eigenvalue weighted by atomic mass is 19.1. The average Bonchev–Trinajstić information content (AvgIpc) is 2.42. The van der Waals surface area contributed by atoms with Crippen LogP contribution < -0.4 is 5.32 Å². The second-order valence-electron chi connectivity index (χ2n) is 5.30. The van der Waals surface area contributed by atoms with Crippen LogP contribution in [0, 0.1) is 5.92 Å². The number of aldehydes is 1. The highest BCUT2D eigenvalue weighted by Gasteiger charge is 2.42. The Morgan fingerprint density at radius 3 is 2.90 bits per heavy atom. The molecule has 0 aliphatic heterocycles. The number of hydrogen-bond donors (Lipinski definition) is 1. The van der Waals surface area contributed by atoms with Crippen molar-refractivity contribution in [3.05, 3.63) is 23.0 Å². The summed E-state index contributed by atoms with van der Waals surface area (Å²) in [4.78, 5) is 34.2. The summed E-state index contributed by atoms with van der Waals surface area (Å²) in [7, 11) is 0. The molecule has 1 N–H and O–H groups in total. The molecule has 21 heavy (non-hydrogen) atoms. The molecule has 3 unspecified atom stereocenters. The minimum atomic E-state index is -0.698. The Morgan fingerprint density at radius 2 is 2.29 bits per heavy atom. The van der Waals surface area contributed by atoms with Gasteiger partial charge in [-0.25, -0.2) is 4.39 Å². The molecule has 0 radical (unpaired) electrons. The van der Waals surface area contributed by atoms with E-state index in [0.29, 0.717) is 30.3 Å². The van der Waals surface area contributed by atoms with Crippen molar-refractivity contribution < 1.29 is 23.5 Å². The zero-order chi connectivity index (χ0) is 15.6. The van der Waals surface area contributed by atoms with Gasteiger partial charge >= 0.3 is 0 Å². The van der Waals surface area contributed by atoms with E-state index < -0.39 is 23.9 Å². The minimum Gasteiger partial charge on any atom is -0.363 e. The monoisotopic (exact) mass is 295 g/mol. The highest BCUT2D eigenvalue weighted by molar-refractivity contribution is 5.91. The largest absolute Gasteiger partial charge is 0.363 e. The van der Waals surface area contributed by atoms with Crippen LogP contribution in [-0.4, -0.2) is 36.7 Å². The number of nitrogens with one attached hydrogen (secondary N) is 1. The Kier molecular flexibility index (Phi) is 4.67. The van der Waals surface area contributed by atoms with Crippen molar-refractivity contribution in [1.82, 2.24) is 5.32 Å². The number of Topliss-reactive ketones (excluding diaryl/α,β-unsaturated/α-hetero) is 1. The van der Waals surface area contributed by atoms with Crippen LogP contribution in [0.1, 0.15) is 26.7 Å². The van der Waals surface area contributed by atoms with E-state index >= 15 is 0 Å². The van der Waals surface area contributed by atoms with Crippen LogP contribution in [0.15, 0.2) is 23.0 Å². The number of carbonyl (C=O) groups is 3. The lowest BCUT2D eigenvalue weighted by Gasteiger charge is -2.37. The van der Waals surface area contributed by atoms with E-state index in [9.17, 15) is 18.8 Å². The fourth-order valence-electron chi connectivity index (χ4n) is 2.98. The maximum atomic E-state index is 13.9. The molecule has 0 aromatic rings. The molecule has 2 rings (SSSR count).